The summed E-state index contributed by atoms with van der Waals surface area (Å²) in [6, 6.07) is 21.1. The molecule has 5 rings (SSSR count). The molecule has 0 spiro atoms. The van der Waals surface area contributed by atoms with Crippen LogP contribution >= 0.6 is 0 Å². The van der Waals surface area contributed by atoms with E-state index in [1.807, 2.05) is 0 Å². The van der Waals surface area contributed by atoms with Gasteiger partial charge in [0.15, 0.2) is 0 Å². The first-order valence-corrected chi connectivity index (χ1v) is 13.0. The van der Waals surface area contributed by atoms with Gasteiger partial charge < -0.3 is 15.8 Å². The number of hydrazine groups is 1. The molecule has 2 aliphatic rings. The van der Waals surface area contributed by atoms with Crippen LogP contribution in [0.2, 0.25) is 0 Å². The number of benzene rings is 2. The van der Waals surface area contributed by atoms with Gasteiger partial charge in [-0.1, -0.05) is 85.0 Å². The molecule has 0 amide bonds. The second-order valence-electron chi connectivity index (χ2n) is 9.33. The van der Waals surface area contributed by atoms with Crippen molar-refractivity contribution in [1.82, 2.24) is 15.0 Å². The molecular formula is C31H34N6. The molecule has 1 aromatic heterocycles. The predicted molar refractivity (Wildman–Crippen MR) is 153 cm³/mol. The van der Waals surface area contributed by atoms with Crippen LogP contribution in [-0.4, -0.2) is 15.4 Å². The van der Waals surface area contributed by atoms with Gasteiger partial charge in [-0.15, -0.1) is 0 Å². The van der Waals surface area contributed by atoms with Gasteiger partial charge in [-0.25, -0.2) is 10.8 Å². The summed E-state index contributed by atoms with van der Waals surface area (Å²) in [6.07, 6.45) is 13.7. The number of nitrogens with zero attached hydrogens (tertiary/aromatic N) is 3. The molecule has 0 saturated heterocycles. The monoisotopic (exact) mass is 490 g/mol. The molecule has 188 valence electrons. The topological polar surface area (TPSA) is 94.2 Å². The first-order chi connectivity index (χ1) is 18.2. The van der Waals surface area contributed by atoms with E-state index in [4.69, 9.17) is 16.7 Å². The molecule has 5 N–H and O–H groups in total. The van der Waals surface area contributed by atoms with Gasteiger partial charge >= 0.3 is 0 Å². The van der Waals surface area contributed by atoms with Crippen molar-refractivity contribution < 1.29 is 0 Å². The molecule has 6 heteroatoms. The molecule has 0 aliphatic heterocycles. The number of hydrazone groups is 1. The summed E-state index contributed by atoms with van der Waals surface area (Å²) in [7, 11) is 0. The lowest BCUT2D eigenvalue weighted by molar-refractivity contribution is 0.753. The second kappa shape index (κ2) is 11.3. The highest BCUT2D eigenvalue weighted by atomic mass is 15.3. The highest BCUT2D eigenvalue weighted by molar-refractivity contribution is 5.86. The number of hydrogen-bond donors (Lipinski definition) is 3. The molecule has 6 nitrogen and oxygen atoms in total. The lowest BCUT2D eigenvalue weighted by Crippen LogP contribution is -2.31. The van der Waals surface area contributed by atoms with Crippen LogP contribution < -0.4 is 17.1 Å². The van der Waals surface area contributed by atoms with Crippen LogP contribution in [0.15, 0.2) is 107 Å². The molecule has 37 heavy (non-hydrogen) atoms. The molecule has 0 unspecified atom stereocenters. The van der Waals surface area contributed by atoms with E-state index in [0.717, 1.165) is 55.0 Å². The van der Waals surface area contributed by atoms with Gasteiger partial charge in [0.1, 0.15) is 11.7 Å². The maximum Gasteiger partial charge on any atom is 0.141 e. The van der Waals surface area contributed by atoms with Crippen LogP contribution in [0.25, 0.3) is 28.1 Å². The van der Waals surface area contributed by atoms with E-state index < -0.39 is 0 Å². The zero-order chi connectivity index (χ0) is 25.6. The zero-order valence-corrected chi connectivity index (χ0v) is 21.3. The number of imidazole rings is 1. The quantitative estimate of drug-likeness (QED) is 0.161. The van der Waals surface area contributed by atoms with E-state index in [1.54, 1.807) is 0 Å². The maximum atomic E-state index is 5.58. The molecule has 0 saturated carbocycles. The van der Waals surface area contributed by atoms with Crippen molar-refractivity contribution in [2.45, 2.75) is 45.6 Å². The predicted octanol–water partition coefficient (Wildman–Crippen LogP) is 6.11. The summed E-state index contributed by atoms with van der Waals surface area (Å²) in [5, 5.41) is 3.77. The molecule has 3 aromatic rings. The molecule has 0 radical (unpaired) electrons. The van der Waals surface area contributed by atoms with Gasteiger partial charge in [-0.05, 0) is 49.3 Å². The lowest BCUT2D eigenvalue weighted by Gasteiger charge is -2.22. The van der Waals surface area contributed by atoms with Crippen molar-refractivity contribution in [2.75, 3.05) is 0 Å². The fourth-order valence-corrected chi connectivity index (χ4v) is 5.32. The van der Waals surface area contributed by atoms with Crippen LogP contribution in [0.5, 0.6) is 0 Å². The number of nitrogens with one attached hydrogen (secondary N) is 1. The Balaban J connectivity index is 1.67. The Bertz CT molecular complexity index is 1400. The van der Waals surface area contributed by atoms with Gasteiger partial charge in [-0.2, -0.15) is 5.10 Å². The summed E-state index contributed by atoms with van der Waals surface area (Å²) in [5.41, 5.74) is 12.2. The minimum atomic E-state index is 0.572. The highest BCUT2D eigenvalue weighted by Crippen LogP contribution is 2.40. The Morgan fingerprint density at radius 3 is 2.41 bits per heavy atom. The Morgan fingerprint density at radius 1 is 1.00 bits per heavy atom. The smallest absolute Gasteiger partial charge is 0.141 e. The van der Waals surface area contributed by atoms with Crippen molar-refractivity contribution in [3.63, 3.8) is 0 Å². The largest absolute Gasteiger partial charge is 0.324 e. The maximum absolute atomic E-state index is 5.58. The fraction of sp³-hybridized carbons (Fsp3) is 0.226. The number of aromatic nitrogens is 2. The van der Waals surface area contributed by atoms with Crippen LogP contribution in [0.4, 0.5) is 0 Å². The Labute approximate surface area is 218 Å². The summed E-state index contributed by atoms with van der Waals surface area (Å²) in [4.78, 5) is 5.34. The fourth-order valence-electron chi connectivity index (χ4n) is 5.32. The molecular weight excluding hydrogens is 456 g/mol. The van der Waals surface area contributed by atoms with Gasteiger partial charge in [0.25, 0.3) is 0 Å². The number of amidine groups is 1. The van der Waals surface area contributed by atoms with Gasteiger partial charge in [0.2, 0.25) is 0 Å². The SMILES string of the molecule is CCn1c(C2=C(C3=CC(C/C(=N/N)NN)=CCC3)CCC=C2)nc(-c2ccccc2)c1-c1ccccc1. The molecule has 0 atom stereocenters. The zero-order valence-electron chi connectivity index (χ0n) is 21.3. The summed E-state index contributed by atoms with van der Waals surface area (Å²) in [5.74, 6) is 12.7. The third kappa shape index (κ3) is 5.06. The van der Waals surface area contributed by atoms with E-state index >= 15 is 0 Å². The minimum Gasteiger partial charge on any atom is -0.324 e. The molecule has 2 aromatic carbocycles. The van der Waals surface area contributed by atoms with E-state index in [1.165, 1.54) is 27.9 Å². The molecule has 2 aliphatic carbocycles. The second-order valence-corrected chi connectivity index (χ2v) is 9.33. The first-order valence-electron chi connectivity index (χ1n) is 13.0. The Morgan fingerprint density at radius 2 is 1.73 bits per heavy atom. The van der Waals surface area contributed by atoms with Crippen molar-refractivity contribution in [3.05, 3.63) is 108 Å². The number of nitrogens with two attached hydrogens (primary N) is 2. The molecule has 0 bridgehead atoms. The van der Waals surface area contributed by atoms with Crippen molar-refractivity contribution in [1.29, 1.82) is 0 Å². The highest BCUT2D eigenvalue weighted by Gasteiger charge is 2.25. The average molecular weight is 491 g/mol. The van der Waals surface area contributed by atoms with Crippen molar-refractivity contribution in [2.24, 2.45) is 16.8 Å². The van der Waals surface area contributed by atoms with Gasteiger partial charge in [-0.3, -0.25) is 0 Å². The van der Waals surface area contributed by atoms with Crippen LogP contribution in [0.3, 0.4) is 0 Å². The third-order valence-corrected chi connectivity index (χ3v) is 7.05. The average Bonchev–Trinajstić information content (AvgIpc) is 3.36. The lowest BCUT2D eigenvalue weighted by atomic mass is 9.85. The Hall–Kier alpha value is -4.16. The third-order valence-electron chi connectivity index (χ3n) is 7.05. The van der Waals surface area contributed by atoms with E-state index in [9.17, 15) is 0 Å². The first kappa shape index (κ1) is 24.5. The van der Waals surface area contributed by atoms with Crippen LogP contribution in [0.1, 0.15) is 44.9 Å². The van der Waals surface area contributed by atoms with Crippen LogP contribution in [0, 0.1) is 0 Å². The van der Waals surface area contributed by atoms with Gasteiger partial charge in [0.05, 0.1) is 11.4 Å². The van der Waals surface area contributed by atoms with E-state index in [2.05, 4.69) is 107 Å². The number of allylic oxidation sites excluding steroid dienone is 7. The van der Waals surface area contributed by atoms with Crippen molar-refractivity contribution >= 4 is 11.4 Å². The van der Waals surface area contributed by atoms with Gasteiger partial charge in [0, 0.05) is 29.7 Å². The van der Waals surface area contributed by atoms with E-state index in [0.29, 0.717) is 12.3 Å². The van der Waals surface area contributed by atoms with Crippen molar-refractivity contribution in [3.8, 4) is 22.5 Å². The molecule has 1 heterocycles. The van der Waals surface area contributed by atoms with Crippen LogP contribution in [-0.2, 0) is 6.54 Å². The normalized spacial score (nSPS) is 16.0. The van der Waals surface area contributed by atoms with E-state index in [-0.39, 0.29) is 0 Å². The minimum absolute atomic E-state index is 0.572. The standard InChI is InChI=1S/C31H34N6/c1-2-37-30(24-15-7-4-8-16-24)29(23-13-5-3-6-14-23)34-31(37)27-19-10-9-18-26(27)25-17-11-12-22(20-25)21-28(35-32)36-33/h3-8,10,12-16,19-20H,2,9,11,17-18,21,32-33H2,1H3,(H,35,36). The summed E-state index contributed by atoms with van der Waals surface area (Å²) >= 11 is 0. The number of hydrogen-bond acceptors (Lipinski definition) is 4. The number of rotatable bonds is 7. The summed E-state index contributed by atoms with van der Waals surface area (Å²) in [6.45, 7) is 3.03. The molecule has 0 fully saturated rings. The summed E-state index contributed by atoms with van der Waals surface area (Å²) < 4.78 is 2.38. The Kier molecular flexibility index (Phi) is 7.47.